The Hall–Kier alpha value is -0.800. The summed E-state index contributed by atoms with van der Waals surface area (Å²) >= 11 is 7.32. The van der Waals surface area contributed by atoms with Crippen LogP contribution in [0.2, 0.25) is 0 Å². The molecule has 1 heterocycles. The lowest BCUT2D eigenvalue weighted by molar-refractivity contribution is 0.602. The van der Waals surface area contributed by atoms with Gasteiger partial charge in [-0.3, -0.25) is 0 Å². The minimum atomic E-state index is 1.10. The first-order valence-electron chi connectivity index (χ1n) is 7.58. The third kappa shape index (κ3) is 2.91. The quantitative estimate of drug-likeness (QED) is 0.404. The molecule has 2 aromatic carbocycles. The number of rotatable bonds is 5. The van der Waals surface area contributed by atoms with Gasteiger partial charge in [0.25, 0.3) is 0 Å². The van der Waals surface area contributed by atoms with Gasteiger partial charge in [-0.25, -0.2) is 0 Å². The summed E-state index contributed by atoms with van der Waals surface area (Å²) in [7, 11) is 0. The molecular weight excluding hydrogens is 390 g/mol. The van der Waals surface area contributed by atoms with Gasteiger partial charge in [-0.15, -0.1) is 0 Å². The van der Waals surface area contributed by atoms with Crippen LogP contribution in [-0.4, -0.2) is 4.57 Å². The van der Waals surface area contributed by atoms with Crippen molar-refractivity contribution in [2.45, 2.75) is 39.2 Å². The maximum absolute atomic E-state index is 3.72. The van der Waals surface area contributed by atoms with Gasteiger partial charge in [0.05, 0.1) is 5.52 Å². The number of benzene rings is 2. The lowest BCUT2D eigenvalue weighted by Crippen LogP contribution is -1.97. The number of aryl methyl sites for hydroxylation is 1. The van der Waals surface area contributed by atoms with Gasteiger partial charge in [0, 0.05) is 31.8 Å². The van der Waals surface area contributed by atoms with Crippen LogP contribution in [0.5, 0.6) is 0 Å². The zero-order valence-electron chi connectivity index (χ0n) is 12.2. The lowest BCUT2D eigenvalue weighted by atomic mass is 10.2. The van der Waals surface area contributed by atoms with Crippen molar-refractivity contribution in [1.29, 1.82) is 0 Å². The first-order chi connectivity index (χ1) is 10.2. The highest BCUT2D eigenvalue weighted by Crippen LogP contribution is 2.35. The fourth-order valence-electron chi connectivity index (χ4n) is 3.02. The van der Waals surface area contributed by atoms with E-state index in [1.807, 2.05) is 0 Å². The maximum atomic E-state index is 3.72. The summed E-state index contributed by atoms with van der Waals surface area (Å²) < 4.78 is 4.78. The van der Waals surface area contributed by atoms with Gasteiger partial charge in [0.15, 0.2) is 0 Å². The smallest absolute Gasteiger partial charge is 0.0502 e. The van der Waals surface area contributed by atoms with Crippen LogP contribution in [0.25, 0.3) is 21.8 Å². The molecule has 0 fully saturated rings. The van der Waals surface area contributed by atoms with E-state index in [9.17, 15) is 0 Å². The Morgan fingerprint density at radius 3 is 2.62 bits per heavy atom. The third-order valence-electron chi connectivity index (χ3n) is 4.04. The molecule has 0 aliphatic rings. The summed E-state index contributed by atoms with van der Waals surface area (Å²) in [5, 5.41) is 2.65. The van der Waals surface area contributed by atoms with E-state index in [0.29, 0.717) is 0 Å². The number of halogens is 2. The van der Waals surface area contributed by atoms with Crippen molar-refractivity contribution in [3.63, 3.8) is 0 Å². The fraction of sp³-hybridized carbons (Fsp3) is 0.333. The lowest BCUT2D eigenvalue weighted by Gasteiger charge is -2.07. The molecule has 0 bridgehead atoms. The molecule has 0 saturated heterocycles. The average molecular weight is 409 g/mol. The van der Waals surface area contributed by atoms with E-state index < -0.39 is 0 Å². The van der Waals surface area contributed by atoms with Crippen molar-refractivity contribution in [2.24, 2.45) is 0 Å². The van der Waals surface area contributed by atoms with E-state index in [1.165, 1.54) is 52.0 Å². The van der Waals surface area contributed by atoms with E-state index in [2.05, 4.69) is 79.7 Å². The van der Waals surface area contributed by atoms with Gasteiger partial charge in [-0.2, -0.15) is 0 Å². The average Bonchev–Trinajstić information content (AvgIpc) is 2.78. The van der Waals surface area contributed by atoms with E-state index in [1.54, 1.807) is 0 Å². The predicted molar refractivity (Wildman–Crippen MR) is 99.0 cm³/mol. The Morgan fingerprint density at radius 2 is 1.81 bits per heavy atom. The highest BCUT2D eigenvalue weighted by molar-refractivity contribution is 9.11. The Morgan fingerprint density at radius 1 is 0.952 bits per heavy atom. The molecular formula is C18H19Br2N. The Labute approximate surface area is 142 Å². The van der Waals surface area contributed by atoms with Crippen molar-refractivity contribution < 1.29 is 0 Å². The normalized spacial score (nSPS) is 11.6. The molecule has 0 N–H and O–H groups in total. The summed E-state index contributed by atoms with van der Waals surface area (Å²) in [5.74, 6) is 0. The molecule has 1 aromatic heterocycles. The van der Waals surface area contributed by atoms with Gasteiger partial charge in [0.1, 0.15) is 0 Å². The summed E-state index contributed by atoms with van der Waals surface area (Å²) in [6.45, 7) is 3.35. The zero-order chi connectivity index (χ0) is 14.8. The van der Waals surface area contributed by atoms with Crippen LogP contribution in [-0.2, 0) is 6.54 Å². The van der Waals surface area contributed by atoms with Gasteiger partial charge in [0.2, 0.25) is 0 Å². The van der Waals surface area contributed by atoms with Crippen LogP contribution in [0.1, 0.15) is 32.6 Å². The Balaban J connectivity index is 2.14. The summed E-state index contributed by atoms with van der Waals surface area (Å²) in [6, 6.07) is 13.1. The topological polar surface area (TPSA) is 4.93 Å². The second kappa shape index (κ2) is 6.53. The number of aromatic nitrogens is 1. The second-order valence-electron chi connectivity index (χ2n) is 5.51. The van der Waals surface area contributed by atoms with Gasteiger partial charge in [-0.1, -0.05) is 64.1 Å². The number of hydrogen-bond acceptors (Lipinski definition) is 0. The van der Waals surface area contributed by atoms with Crippen molar-refractivity contribution in [2.75, 3.05) is 0 Å². The van der Waals surface area contributed by atoms with Crippen LogP contribution in [0.15, 0.2) is 45.3 Å². The number of unbranched alkanes of at least 4 members (excludes halogenated alkanes) is 3. The van der Waals surface area contributed by atoms with Crippen molar-refractivity contribution in [1.82, 2.24) is 4.57 Å². The van der Waals surface area contributed by atoms with Crippen LogP contribution < -0.4 is 0 Å². The molecule has 0 aliphatic heterocycles. The molecule has 21 heavy (non-hydrogen) atoms. The van der Waals surface area contributed by atoms with Crippen molar-refractivity contribution in [3.05, 3.63) is 45.3 Å². The number of fused-ring (bicyclic) bond motifs is 3. The Bertz CT molecular complexity index is 774. The molecule has 0 unspecified atom stereocenters. The molecule has 3 rings (SSSR count). The van der Waals surface area contributed by atoms with Crippen LogP contribution in [0.4, 0.5) is 0 Å². The molecule has 1 nitrogen and oxygen atoms in total. The van der Waals surface area contributed by atoms with Gasteiger partial charge < -0.3 is 4.57 Å². The first-order valence-corrected chi connectivity index (χ1v) is 9.17. The monoisotopic (exact) mass is 407 g/mol. The SMILES string of the molecule is CCCCCCn1c2ccc(Br)cc2c2c(Br)cccc21. The second-order valence-corrected chi connectivity index (χ2v) is 7.28. The van der Waals surface area contributed by atoms with E-state index in [4.69, 9.17) is 0 Å². The zero-order valence-corrected chi connectivity index (χ0v) is 15.4. The van der Waals surface area contributed by atoms with Gasteiger partial charge in [-0.05, 0) is 36.8 Å². The molecule has 0 radical (unpaired) electrons. The molecule has 3 heteroatoms. The van der Waals surface area contributed by atoms with E-state index in [0.717, 1.165) is 11.0 Å². The van der Waals surface area contributed by atoms with E-state index in [-0.39, 0.29) is 0 Å². The molecule has 3 aromatic rings. The van der Waals surface area contributed by atoms with E-state index >= 15 is 0 Å². The standard InChI is InChI=1S/C18H19Br2N/c1-2-3-4-5-11-21-16-10-9-13(19)12-14(16)18-15(20)7-6-8-17(18)21/h6-10,12H,2-5,11H2,1H3. The Kier molecular flexibility index (Phi) is 4.70. The largest absolute Gasteiger partial charge is 0.340 e. The highest BCUT2D eigenvalue weighted by Gasteiger charge is 2.12. The summed E-state index contributed by atoms with van der Waals surface area (Å²) in [6.07, 6.45) is 5.16. The highest BCUT2D eigenvalue weighted by atomic mass is 79.9. The predicted octanol–water partition coefficient (Wildman–Crippen LogP) is 6.90. The fourth-order valence-corrected chi connectivity index (χ4v) is 3.95. The van der Waals surface area contributed by atoms with Crippen LogP contribution in [0, 0.1) is 0 Å². The minimum Gasteiger partial charge on any atom is -0.340 e. The van der Waals surface area contributed by atoms with Crippen molar-refractivity contribution >= 4 is 53.7 Å². The first kappa shape index (κ1) is 15.1. The minimum absolute atomic E-state index is 1.10. The molecule has 0 amide bonds. The molecule has 0 aliphatic carbocycles. The van der Waals surface area contributed by atoms with Crippen LogP contribution >= 0.6 is 31.9 Å². The van der Waals surface area contributed by atoms with Crippen LogP contribution in [0.3, 0.4) is 0 Å². The number of hydrogen-bond donors (Lipinski definition) is 0. The number of nitrogens with zero attached hydrogens (tertiary/aromatic N) is 1. The maximum Gasteiger partial charge on any atom is 0.0502 e. The summed E-state index contributed by atoms with van der Waals surface area (Å²) in [4.78, 5) is 0. The molecule has 0 spiro atoms. The van der Waals surface area contributed by atoms with Gasteiger partial charge >= 0.3 is 0 Å². The molecule has 0 saturated carbocycles. The molecule has 110 valence electrons. The summed E-state index contributed by atoms with van der Waals surface area (Å²) in [5.41, 5.74) is 2.66. The van der Waals surface area contributed by atoms with Crippen molar-refractivity contribution in [3.8, 4) is 0 Å². The third-order valence-corrected chi connectivity index (χ3v) is 5.19. The molecule has 0 atom stereocenters.